The van der Waals surface area contributed by atoms with Gasteiger partial charge >= 0.3 is 0 Å². The van der Waals surface area contributed by atoms with E-state index < -0.39 is 0 Å². The summed E-state index contributed by atoms with van der Waals surface area (Å²) in [5.74, 6) is -0.905. The summed E-state index contributed by atoms with van der Waals surface area (Å²) in [6, 6.07) is 20.6. The first-order valence-corrected chi connectivity index (χ1v) is 10.8. The highest BCUT2D eigenvalue weighted by molar-refractivity contribution is 8.04. The number of halogens is 2. The first-order valence-electron chi connectivity index (χ1n) is 9.57. The van der Waals surface area contributed by atoms with Crippen LogP contribution in [0.25, 0.3) is 6.08 Å². The number of rotatable bonds is 5. The molecule has 1 aliphatic heterocycles. The van der Waals surface area contributed by atoms with E-state index in [9.17, 15) is 14.0 Å². The Morgan fingerprint density at radius 2 is 1.74 bits per heavy atom. The van der Waals surface area contributed by atoms with Gasteiger partial charge < -0.3 is 5.32 Å². The molecule has 0 aromatic heterocycles. The Kier molecular flexibility index (Phi) is 6.39. The second-order valence-electron chi connectivity index (χ2n) is 6.89. The lowest BCUT2D eigenvalue weighted by atomic mass is 10.2. The molecule has 2 amide bonds. The van der Waals surface area contributed by atoms with E-state index in [2.05, 4.69) is 5.32 Å². The third-order valence-corrected chi connectivity index (χ3v) is 6.15. The summed E-state index contributed by atoms with van der Waals surface area (Å²) in [6.07, 6.45) is 1.74. The van der Waals surface area contributed by atoms with Gasteiger partial charge in [0.25, 0.3) is 5.91 Å². The lowest BCUT2D eigenvalue weighted by Gasteiger charge is -2.29. The topological polar surface area (TPSA) is 49.4 Å². The van der Waals surface area contributed by atoms with Crippen molar-refractivity contribution < 1.29 is 14.0 Å². The van der Waals surface area contributed by atoms with Crippen molar-refractivity contribution in [1.29, 1.82) is 0 Å². The van der Waals surface area contributed by atoms with Crippen LogP contribution in [0.3, 0.4) is 0 Å². The molecular weight excluding hydrogens is 435 g/mol. The highest BCUT2D eigenvalue weighted by Crippen LogP contribution is 2.42. The van der Waals surface area contributed by atoms with Crippen LogP contribution in [0.4, 0.5) is 10.1 Å². The van der Waals surface area contributed by atoms with Gasteiger partial charge in [0.1, 0.15) is 12.4 Å². The fourth-order valence-corrected chi connectivity index (χ4v) is 4.39. The predicted molar refractivity (Wildman–Crippen MR) is 122 cm³/mol. The molecule has 4 nitrogen and oxygen atoms in total. The molecule has 1 heterocycles. The predicted octanol–water partition coefficient (Wildman–Crippen LogP) is 5.28. The number of amides is 2. The standard InChI is InChI=1S/C24H18ClFN2O2S/c25-19-6-2-1-5-17(19)13-22-24(30)28(20-7-3-4-8-21(20)31-22)15-23(29)27-14-16-9-11-18(26)12-10-16/h1-13H,14-15H2,(H,27,29)/b22-13+. The first-order chi connectivity index (χ1) is 15.0. The van der Waals surface area contributed by atoms with Gasteiger partial charge in [-0.3, -0.25) is 14.5 Å². The molecule has 1 N–H and O–H groups in total. The van der Waals surface area contributed by atoms with E-state index >= 15 is 0 Å². The zero-order valence-corrected chi connectivity index (χ0v) is 17.9. The van der Waals surface area contributed by atoms with E-state index in [0.717, 1.165) is 16.0 Å². The molecule has 0 unspecified atom stereocenters. The minimum Gasteiger partial charge on any atom is -0.350 e. The summed E-state index contributed by atoms with van der Waals surface area (Å²) in [5, 5.41) is 3.34. The fraction of sp³-hybridized carbons (Fsp3) is 0.0833. The third-order valence-electron chi connectivity index (χ3n) is 4.73. The molecule has 0 saturated carbocycles. The number of carbonyl (C=O) groups is 2. The van der Waals surface area contributed by atoms with Crippen LogP contribution in [-0.2, 0) is 16.1 Å². The van der Waals surface area contributed by atoms with E-state index in [-0.39, 0.29) is 30.7 Å². The minimum atomic E-state index is -0.332. The second-order valence-corrected chi connectivity index (χ2v) is 8.39. The van der Waals surface area contributed by atoms with Crippen molar-refractivity contribution in [2.45, 2.75) is 11.4 Å². The largest absolute Gasteiger partial charge is 0.350 e. The zero-order chi connectivity index (χ0) is 21.8. The SMILES string of the molecule is O=C(CN1C(=O)/C(=C\c2ccccc2Cl)Sc2ccccc21)NCc1ccc(F)cc1. The number of thioether (sulfide) groups is 1. The van der Waals surface area contributed by atoms with E-state index in [0.29, 0.717) is 15.6 Å². The number of benzene rings is 3. The molecule has 3 aromatic rings. The maximum absolute atomic E-state index is 13.2. The van der Waals surface area contributed by atoms with E-state index in [4.69, 9.17) is 11.6 Å². The average Bonchev–Trinajstić information content (AvgIpc) is 2.77. The van der Waals surface area contributed by atoms with Crippen LogP contribution in [0.5, 0.6) is 0 Å². The van der Waals surface area contributed by atoms with Crippen LogP contribution in [0, 0.1) is 5.82 Å². The maximum atomic E-state index is 13.2. The van der Waals surface area contributed by atoms with Crippen molar-refractivity contribution in [2.24, 2.45) is 0 Å². The van der Waals surface area contributed by atoms with Crippen LogP contribution in [0.2, 0.25) is 5.02 Å². The third kappa shape index (κ3) is 4.98. The number of nitrogens with zero attached hydrogens (tertiary/aromatic N) is 1. The van der Waals surface area contributed by atoms with Gasteiger partial charge in [-0.15, -0.1) is 0 Å². The van der Waals surface area contributed by atoms with Crippen LogP contribution >= 0.6 is 23.4 Å². The first kappa shape index (κ1) is 21.2. The number of carbonyl (C=O) groups excluding carboxylic acids is 2. The van der Waals surface area contributed by atoms with Crippen molar-refractivity contribution >= 4 is 46.9 Å². The number of hydrogen-bond donors (Lipinski definition) is 1. The molecule has 0 fully saturated rings. The van der Waals surface area contributed by atoms with Crippen LogP contribution in [0.1, 0.15) is 11.1 Å². The molecular formula is C24H18ClFN2O2S. The summed E-state index contributed by atoms with van der Waals surface area (Å²) >= 11 is 7.61. The Morgan fingerprint density at radius 3 is 2.52 bits per heavy atom. The Bertz CT molecular complexity index is 1160. The fourth-order valence-electron chi connectivity index (χ4n) is 3.15. The van der Waals surface area contributed by atoms with Gasteiger partial charge in [0.2, 0.25) is 5.91 Å². The van der Waals surface area contributed by atoms with Crippen LogP contribution in [-0.4, -0.2) is 18.4 Å². The molecule has 0 aliphatic carbocycles. The van der Waals surface area contributed by atoms with Crippen molar-refractivity contribution in [1.82, 2.24) is 5.32 Å². The van der Waals surface area contributed by atoms with Crippen molar-refractivity contribution in [3.8, 4) is 0 Å². The Morgan fingerprint density at radius 1 is 1.03 bits per heavy atom. The summed E-state index contributed by atoms with van der Waals surface area (Å²) < 4.78 is 13.0. The Labute approximate surface area is 188 Å². The quantitative estimate of drug-likeness (QED) is 0.536. The zero-order valence-electron chi connectivity index (χ0n) is 16.3. The molecule has 31 heavy (non-hydrogen) atoms. The molecule has 1 aliphatic rings. The monoisotopic (exact) mass is 452 g/mol. The van der Waals surface area contributed by atoms with Gasteiger partial charge in [-0.1, -0.05) is 65.8 Å². The van der Waals surface area contributed by atoms with Crippen molar-refractivity contribution in [3.05, 3.63) is 99.7 Å². The molecule has 4 rings (SSSR count). The number of anilines is 1. The Hall–Kier alpha value is -3.09. The van der Waals surface area contributed by atoms with E-state index in [1.165, 1.54) is 28.8 Å². The summed E-state index contributed by atoms with van der Waals surface area (Å²) in [7, 11) is 0. The van der Waals surface area contributed by atoms with Crippen LogP contribution in [0.15, 0.2) is 82.6 Å². The smallest absolute Gasteiger partial charge is 0.265 e. The molecule has 0 radical (unpaired) electrons. The highest BCUT2D eigenvalue weighted by Gasteiger charge is 2.30. The lowest BCUT2D eigenvalue weighted by molar-refractivity contribution is -0.122. The summed E-state index contributed by atoms with van der Waals surface area (Å²) in [5.41, 5.74) is 2.20. The van der Waals surface area contributed by atoms with Gasteiger partial charge in [0, 0.05) is 16.5 Å². The maximum Gasteiger partial charge on any atom is 0.265 e. The molecule has 3 aromatic carbocycles. The number of fused-ring (bicyclic) bond motifs is 1. The number of para-hydroxylation sites is 1. The molecule has 7 heteroatoms. The van der Waals surface area contributed by atoms with Gasteiger partial charge in [0.15, 0.2) is 0 Å². The Balaban J connectivity index is 1.55. The van der Waals surface area contributed by atoms with E-state index in [1.807, 2.05) is 42.5 Å². The van der Waals surface area contributed by atoms with Crippen molar-refractivity contribution in [3.63, 3.8) is 0 Å². The normalized spacial score (nSPS) is 14.5. The summed E-state index contributed by atoms with van der Waals surface area (Å²) in [4.78, 5) is 28.7. The van der Waals surface area contributed by atoms with Gasteiger partial charge in [0.05, 0.1) is 10.6 Å². The van der Waals surface area contributed by atoms with Gasteiger partial charge in [-0.25, -0.2) is 4.39 Å². The number of nitrogens with one attached hydrogen (secondary N) is 1. The highest BCUT2D eigenvalue weighted by atomic mass is 35.5. The van der Waals surface area contributed by atoms with E-state index in [1.54, 1.807) is 24.3 Å². The molecule has 0 saturated heterocycles. The molecule has 0 bridgehead atoms. The number of hydrogen-bond acceptors (Lipinski definition) is 3. The van der Waals surface area contributed by atoms with Crippen LogP contribution < -0.4 is 10.2 Å². The summed E-state index contributed by atoms with van der Waals surface area (Å²) in [6.45, 7) is 0.122. The average molecular weight is 453 g/mol. The van der Waals surface area contributed by atoms with Gasteiger partial charge in [-0.2, -0.15) is 0 Å². The second kappa shape index (κ2) is 9.37. The van der Waals surface area contributed by atoms with Gasteiger partial charge in [-0.05, 0) is 47.5 Å². The minimum absolute atomic E-state index is 0.128. The van der Waals surface area contributed by atoms with Crippen molar-refractivity contribution in [2.75, 3.05) is 11.4 Å². The molecule has 0 atom stereocenters. The molecule has 0 spiro atoms. The molecule has 156 valence electrons. The lowest BCUT2D eigenvalue weighted by Crippen LogP contribution is -2.42.